The number of carbonyl (C=O) groups is 2. The molecular weight excluding hydrogens is 296 g/mol. The first-order valence-electron chi connectivity index (χ1n) is 7.17. The predicted octanol–water partition coefficient (Wildman–Crippen LogP) is 2.55. The van der Waals surface area contributed by atoms with Crippen LogP contribution in [0.2, 0.25) is 0 Å². The third-order valence-electron chi connectivity index (χ3n) is 3.05. The van der Waals surface area contributed by atoms with E-state index in [9.17, 15) is 9.59 Å². The zero-order chi connectivity index (χ0) is 16.5. The van der Waals surface area contributed by atoms with Crippen LogP contribution in [0.4, 0.5) is 5.82 Å². The van der Waals surface area contributed by atoms with Crippen molar-refractivity contribution in [1.82, 2.24) is 4.98 Å². The number of hydrogen-bond donors (Lipinski definition) is 1. The van der Waals surface area contributed by atoms with Crippen molar-refractivity contribution < 1.29 is 19.1 Å². The molecule has 23 heavy (non-hydrogen) atoms. The second kappa shape index (κ2) is 8.53. The molecule has 1 heterocycles. The Morgan fingerprint density at radius 3 is 2.61 bits per heavy atom. The van der Waals surface area contributed by atoms with Crippen LogP contribution in [0, 0.1) is 0 Å². The van der Waals surface area contributed by atoms with Gasteiger partial charge < -0.3 is 14.8 Å². The van der Waals surface area contributed by atoms with Gasteiger partial charge in [-0.05, 0) is 17.7 Å². The topological polar surface area (TPSA) is 77.5 Å². The molecule has 0 aliphatic rings. The number of pyridine rings is 1. The monoisotopic (exact) mass is 314 g/mol. The number of ether oxygens (including phenoxy) is 2. The first-order chi connectivity index (χ1) is 11.2. The first kappa shape index (κ1) is 16.5. The molecule has 1 amide bonds. The summed E-state index contributed by atoms with van der Waals surface area (Å²) in [5.74, 6) is 0.0569. The lowest BCUT2D eigenvalue weighted by atomic mass is 10.2. The second-order valence-corrected chi connectivity index (χ2v) is 4.75. The third kappa shape index (κ3) is 5.43. The fourth-order valence-corrected chi connectivity index (χ4v) is 1.85. The van der Waals surface area contributed by atoms with Gasteiger partial charge in [-0.3, -0.25) is 9.59 Å². The molecule has 6 nitrogen and oxygen atoms in total. The number of methoxy groups -OCH3 is 1. The van der Waals surface area contributed by atoms with E-state index in [1.165, 1.54) is 7.11 Å². The van der Waals surface area contributed by atoms with Crippen molar-refractivity contribution in [3.8, 4) is 5.75 Å². The molecule has 0 aliphatic heterocycles. The van der Waals surface area contributed by atoms with Crippen molar-refractivity contribution in [1.29, 1.82) is 0 Å². The number of amides is 1. The minimum atomic E-state index is -0.429. The Bertz CT molecular complexity index is 659. The molecule has 0 radical (unpaired) electrons. The highest BCUT2D eigenvalue weighted by Crippen LogP contribution is 2.22. The van der Waals surface area contributed by atoms with Crippen LogP contribution < -0.4 is 10.1 Å². The first-order valence-corrected chi connectivity index (χ1v) is 7.17. The van der Waals surface area contributed by atoms with Crippen LogP contribution in [0.25, 0.3) is 0 Å². The standard InChI is InChI=1S/C17H18N2O4/c1-22-16(21)10-9-15(20)19-17-14(8-5-11-18-17)23-12-13-6-3-2-4-7-13/h2-8,11H,9-10,12H2,1H3,(H,18,19,20). The number of esters is 1. The highest BCUT2D eigenvalue weighted by atomic mass is 16.5. The fourth-order valence-electron chi connectivity index (χ4n) is 1.85. The lowest BCUT2D eigenvalue weighted by Crippen LogP contribution is -2.15. The summed E-state index contributed by atoms with van der Waals surface area (Å²) >= 11 is 0. The van der Waals surface area contributed by atoms with E-state index in [4.69, 9.17) is 4.74 Å². The molecule has 0 atom stereocenters. The number of nitrogens with one attached hydrogen (secondary N) is 1. The smallest absolute Gasteiger partial charge is 0.306 e. The fraction of sp³-hybridized carbons (Fsp3) is 0.235. The minimum absolute atomic E-state index is 0.0232. The van der Waals surface area contributed by atoms with Crippen LogP contribution in [0.5, 0.6) is 5.75 Å². The minimum Gasteiger partial charge on any atom is -0.485 e. The molecule has 0 bridgehead atoms. The molecule has 6 heteroatoms. The molecule has 2 rings (SSSR count). The van der Waals surface area contributed by atoms with E-state index in [0.29, 0.717) is 18.2 Å². The van der Waals surface area contributed by atoms with E-state index in [-0.39, 0.29) is 18.7 Å². The Balaban J connectivity index is 1.94. The molecule has 0 saturated heterocycles. The Labute approximate surface area is 134 Å². The van der Waals surface area contributed by atoms with E-state index in [2.05, 4.69) is 15.0 Å². The van der Waals surface area contributed by atoms with Crippen LogP contribution in [-0.2, 0) is 20.9 Å². The average Bonchev–Trinajstić information content (AvgIpc) is 2.59. The number of carbonyl (C=O) groups excluding carboxylic acids is 2. The molecule has 1 aromatic heterocycles. The normalized spacial score (nSPS) is 9.96. The lowest BCUT2D eigenvalue weighted by Gasteiger charge is -2.11. The summed E-state index contributed by atoms with van der Waals surface area (Å²) in [5.41, 5.74) is 1.01. The summed E-state index contributed by atoms with van der Waals surface area (Å²) < 4.78 is 10.2. The number of rotatable bonds is 7. The predicted molar refractivity (Wildman–Crippen MR) is 84.9 cm³/mol. The van der Waals surface area contributed by atoms with Crippen molar-refractivity contribution in [2.24, 2.45) is 0 Å². The van der Waals surface area contributed by atoms with Crippen LogP contribution in [0.1, 0.15) is 18.4 Å². The van der Waals surface area contributed by atoms with Crippen molar-refractivity contribution in [3.63, 3.8) is 0 Å². The van der Waals surface area contributed by atoms with Crippen molar-refractivity contribution >= 4 is 17.7 Å². The summed E-state index contributed by atoms with van der Waals surface area (Å²) in [6.45, 7) is 0.373. The number of aromatic nitrogens is 1. The van der Waals surface area contributed by atoms with E-state index < -0.39 is 5.97 Å². The lowest BCUT2D eigenvalue weighted by molar-refractivity contribution is -0.141. The van der Waals surface area contributed by atoms with Gasteiger partial charge in [-0.25, -0.2) is 4.98 Å². The summed E-state index contributed by atoms with van der Waals surface area (Å²) in [7, 11) is 1.29. The SMILES string of the molecule is COC(=O)CCC(=O)Nc1ncccc1OCc1ccccc1. The molecule has 1 aromatic carbocycles. The molecular formula is C17H18N2O4. The molecule has 1 N–H and O–H groups in total. The molecule has 0 saturated carbocycles. The number of nitrogens with zero attached hydrogens (tertiary/aromatic N) is 1. The van der Waals surface area contributed by atoms with E-state index >= 15 is 0 Å². The Kier molecular flexibility index (Phi) is 6.11. The summed E-state index contributed by atoms with van der Waals surface area (Å²) in [5, 5.41) is 2.64. The Morgan fingerprint density at radius 2 is 1.87 bits per heavy atom. The van der Waals surface area contributed by atoms with Crippen LogP contribution in [0.3, 0.4) is 0 Å². The van der Waals surface area contributed by atoms with Crippen molar-refractivity contribution in [2.45, 2.75) is 19.4 Å². The van der Waals surface area contributed by atoms with Crippen LogP contribution in [-0.4, -0.2) is 24.0 Å². The Hall–Kier alpha value is -2.89. The largest absolute Gasteiger partial charge is 0.485 e. The van der Waals surface area contributed by atoms with Crippen LogP contribution >= 0.6 is 0 Å². The molecule has 0 fully saturated rings. The van der Waals surface area contributed by atoms with Gasteiger partial charge >= 0.3 is 5.97 Å². The zero-order valence-corrected chi connectivity index (χ0v) is 12.8. The molecule has 0 unspecified atom stereocenters. The summed E-state index contributed by atoms with van der Waals surface area (Å²) in [4.78, 5) is 27.0. The van der Waals surface area contributed by atoms with Gasteiger partial charge in [0, 0.05) is 12.6 Å². The van der Waals surface area contributed by atoms with Gasteiger partial charge in [0.2, 0.25) is 5.91 Å². The highest BCUT2D eigenvalue weighted by molar-refractivity contribution is 5.92. The maximum Gasteiger partial charge on any atom is 0.306 e. The van der Waals surface area contributed by atoms with Gasteiger partial charge in [0.1, 0.15) is 6.61 Å². The summed E-state index contributed by atoms with van der Waals surface area (Å²) in [6.07, 6.45) is 1.61. The zero-order valence-electron chi connectivity index (χ0n) is 12.8. The van der Waals surface area contributed by atoms with Crippen molar-refractivity contribution in [2.75, 3.05) is 12.4 Å². The quantitative estimate of drug-likeness (QED) is 0.795. The number of hydrogen-bond acceptors (Lipinski definition) is 5. The summed E-state index contributed by atoms with van der Waals surface area (Å²) in [6, 6.07) is 13.1. The molecule has 0 aliphatic carbocycles. The van der Waals surface area contributed by atoms with E-state index in [1.807, 2.05) is 30.3 Å². The van der Waals surface area contributed by atoms with Gasteiger partial charge in [0.25, 0.3) is 0 Å². The van der Waals surface area contributed by atoms with E-state index in [1.54, 1.807) is 18.3 Å². The maximum absolute atomic E-state index is 11.8. The van der Waals surface area contributed by atoms with Crippen molar-refractivity contribution in [3.05, 3.63) is 54.2 Å². The molecule has 2 aromatic rings. The average molecular weight is 314 g/mol. The highest BCUT2D eigenvalue weighted by Gasteiger charge is 2.11. The number of anilines is 1. The van der Waals surface area contributed by atoms with Gasteiger partial charge in [0.05, 0.1) is 13.5 Å². The van der Waals surface area contributed by atoms with Gasteiger partial charge in [0.15, 0.2) is 11.6 Å². The van der Waals surface area contributed by atoms with E-state index in [0.717, 1.165) is 5.56 Å². The molecule has 120 valence electrons. The van der Waals surface area contributed by atoms with Gasteiger partial charge in [-0.1, -0.05) is 30.3 Å². The third-order valence-corrected chi connectivity index (χ3v) is 3.05. The Morgan fingerprint density at radius 1 is 1.09 bits per heavy atom. The maximum atomic E-state index is 11.8. The van der Waals surface area contributed by atoms with Gasteiger partial charge in [-0.2, -0.15) is 0 Å². The second-order valence-electron chi connectivity index (χ2n) is 4.75. The van der Waals surface area contributed by atoms with Gasteiger partial charge in [-0.15, -0.1) is 0 Å². The molecule has 0 spiro atoms. The number of benzene rings is 1. The van der Waals surface area contributed by atoms with Crippen LogP contribution in [0.15, 0.2) is 48.7 Å².